The molecule has 1 aromatic heterocycles. The predicted molar refractivity (Wildman–Crippen MR) is 92.7 cm³/mol. The van der Waals surface area contributed by atoms with Crippen LogP contribution < -0.4 is 0 Å². The topological polar surface area (TPSA) is 77.8 Å². The number of para-hydroxylation sites is 1. The van der Waals surface area contributed by atoms with Crippen molar-refractivity contribution in [2.75, 3.05) is 0 Å². The van der Waals surface area contributed by atoms with Crippen LogP contribution in [0.5, 0.6) is 0 Å². The van der Waals surface area contributed by atoms with Crippen molar-refractivity contribution in [1.29, 1.82) is 0 Å². The molecule has 0 saturated heterocycles. The Morgan fingerprint density at radius 3 is 2.52 bits per heavy atom. The van der Waals surface area contributed by atoms with E-state index in [2.05, 4.69) is 0 Å². The van der Waals surface area contributed by atoms with E-state index in [0.717, 1.165) is 28.4 Å². The molecule has 1 aliphatic rings. The number of aryl methyl sites for hydroxylation is 1. The van der Waals surface area contributed by atoms with Gasteiger partial charge in [-0.3, -0.25) is 0 Å². The molecule has 25 heavy (non-hydrogen) atoms. The number of nitrogens with zero attached hydrogens (tertiary/aromatic N) is 1. The van der Waals surface area contributed by atoms with Gasteiger partial charge in [0, 0.05) is 22.2 Å². The van der Waals surface area contributed by atoms with Crippen LogP contribution in [0.25, 0.3) is 16.6 Å². The van der Waals surface area contributed by atoms with E-state index in [9.17, 15) is 14.7 Å². The monoisotopic (exact) mass is 341 g/mol. The van der Waals surface area contributed by atoms with Gasteiger partial charge < -0.3 is 19.1 Å². The van der Waals surface area contributed by atoms with Gasteiger partial charge in [0.05, 0.1) is 5.52 Å². The lowest BCUT2D eigenvalue weighted by Gasteiger charge is -2.14. The standard InChI is InChI=1S/C19H19NO5/c1-10-11(2)19(25-18(10)23)24-9-16(17(21)22)20-13(4)12(3)14-7-5-6-8-15(14)20/h5-9,19H,1-4H3,(H,21,22)/b16-9-. The van der Waals surface area contributed by atoms with Gasteiger partial charge in [0.15, 0.2) is 5.70 Å². The SMILES string of the molecule is CC1=C(C)C(O/C=C(/C(=O)O)n2c(C)c(C)c3ccccc32)OC1=O. The van der Waals surface area contributed by atoms with Gasteiger partial charge in [-0.25, -0.2) is 9.59 Å². The molecule has 1 unspecified atom stereocenters. The van der Waals surface area contributed by atoms with Crippen molar-refractivity contribution in [2.24, 2.45) is 0 Å². The van der Waals surface area contributed by atoms with E-state index in [1.54, 1.807) is 18.4 Å². The van der Waals surface area contributed by atoms with E-state index >= 15 is 0 Å². The van der Waals surface area contributed by atoms with Crippen molar-refractivity contribution in [3.63, 3.8) is 0 Å². The lowest BCUT2D eigenvalue weighted by molar-refractivity contribution is -0.152. The normalized spacial score (nSPS) is 18.0. The number of hydrogen-bond acceptors (Lipinski definition) is 4. The van der Waals surface area contributed by atoms with Crippen LogP contribution in [0.4, 0.5) is 0 Å². The molecule has 3 rings (SSSR count). The molecule has 0 amide bonds. The summed E-state index contributed by atoms with van der Waals surface area (Å²) in [6.45, 7) is 7.18. The Morgan fingerprint density at radius 2 is 1.92 bits per heavy atom. The molecule has 1 N–H and O–H groups in total. The molecule has 1 atom stereocenters. The quantitative estimate of drug-likeness (QED) is 0.524. The van der Waals surface area contributed by atoms with Gasteiger partial charge in [-0.1, -0.05) is 18.2 Å². The fourth-order valence-corrected chi connectivity index (χ4v) is 2.91. The average Bonchev–Trinajstić information content (AvgIpc) is 2.98. The van der Waals surface area contributed by atoms with Crippen molar-refractivity contribution in [2.45, 2.75) is 34.0 Å². The lowest BCUT2D eigenvalue weighted by atomic mass is 10.2. The molecular weight excluding hydrogens is 322 g/mol. The number of carbonyl (C=O) groups excluding carboxylic acids is 1. The van der Waals surface area contributed by atoms with Crippen LogP contribution in [-0.4, -0.2) is 27.9 Å². The van der Waals surface area contributed by atoms with Crippen molar-refractivity contribution >= 4 is 28.5 Å². The molecule has 2 aromatic rings. The van der Waals surface area contributed by atoms with Gasteiger partial charge in [-0.15, -0.1) is 0 Å². The second kappa shape index (κ2) is 6.12. The summed E-state index contributed by atoms with van der Waals surface area (Å²) in [5.41, 5.74) is 3.66. The summed E-state index contributed by atoms with van der Waals surface area (Å²) in [6.07, 6.45) is 0.242. The molecular formula is C19H19NO5. The summed E-state index contributed by atoms with van der Waals surface area (Å²) in [7, 11) is 0. The third kappa shape index (κ3) is 2.69. The molecule has 130 valence electrons. The van der Waals surface area contributed by atoms with Crippen molar-refractivity contribution < 1.29 is 24.2 Å². The van der Waals surface area contributed by atoms with E-state index in [1.807, 2.05) is 38.1 Å². The Hall–Kier alpha value is -3.02. The van der Waals surface area contributed by atoms with E-state index < -0.39 is 18.2 Å². The highest BCUT2D eigenvalue weighted by Gasteiger charge is 2.30. The molecule has 6 nitrogen and oxygen atoms in total. The van der Waals surface area contributed by atoms with Crippen LogP contribution >= 0.6 is 0 Å². The Labute approximate surface area is 145 Å². The number of hydrogen-bond donors (Lipinski definition) is 1. The number of carboxylic acids is 1. The molecule has 0 spiro atoms. The maximum absolute atomic E-state index is 11.8. The summed E-state index contributed by atoms with van der Waals surface area (Å²) in [4.78, 5) is 23.4. The van der Waals surface area contributed by atoms with E-state index in [4.69, 9.17) is 9.47 Å². The molecule has 0 saturated carbocycles. The number of cyclic esters (lactones) is 1. The first-order valence-corrected chi connectivity index (χ1v) is 7.87. The maximum Gasteiger partial charge on any atom is 0.356 e. The largest absolute Gasteiger partial charge is 0.476 e. The third-order valence-corrected chi connectivity index (χ3v) is 4.66. The minimum Gasteiger partial charge on any atom is -0.476 e. The highest BCUT2D eigenvalue weighted by molar-refractivity contribution is 6.11. The van der Waals surface area contributed by atoms with Crippen LogP contribution in [0.1, 0.15) is 25.1 Å². The predicted octanol–water partition coefficient (Wildman–Crippen LogP) is 3.38. The van der Waals surface area contributed by atoms with Gasteiger partial charge in [0.25, 0.3) is 6.29 Å². The van der Waals surface area contributed by atoms with Crippen LogP contribution in [0.3, 0.4) is 0 Å². The molecule has 1 aromatic carbocycles. The number of rotatable bonds is 4. The maximum atomic E-state index is 11.8. The zero-order valence-electron chi connectivity index (χ0n) is 14.5. The van der Waals surface area contributed by atoms with Gasteiger partial charge in [0.1, 0.15) is 6.26 Å². The zero-order chi connectivity index (χ0) is 18.3. The van der Waals surface area contributed by atoms with E-state index in [1.165, 1.54) is 0 Å². The molecule has 0 fully saturated rings. The smallest absolute Gasteiger partial charge is 0.356 e. The Balaban J connectivity index is 2.05. The fraction of sp³-hybridized carbons (Fsp3) is 0.263. The number of esters is 1. The number of ether oxygens (including phenoxy) is 2. The summed E-state index contributed by atoms with van der Waals surface area (Å²) in [5, 5.41) is 10.7. The highest BCUT2D eigenvalue weighted by atomic mass is 16.7. The summed E-state index contributed by atoms with van der Waals surface area (Å²) >= 11 is 0. The second-order valence-corrected chi connectivity index (χ2v) is 6.05. The lowest BCUT2D eigenvalue weighted by Crippen LogP contribution is -2.15. The Bertz CT molecular complexity index is 948. The fourth-order valence-electron chi connectivity index (χ4n) is 2.91. The number of aliphatic carboxylic acids is 1. The van der Waals surface area contributed by atoms with Crippen molar-refractivity contribution in [3.05, 3.63) is 52.9 Å². The Morgan fingerprint density at radius 1 is 1.24 bits per heavy atom. The number of aromatic nitrogens is 1. The first-order chi connectivity index (χ1) is 11.8. The Kier molecular flexibility index (Phi) is 4.12. The molecule has 0 aliphatic carbocycles. The van der Waals surface area contributed by atoms with E-state index in [0.29, 0.717) is 11.1 Å². The number of fused-ring (bicyclic) bond motifs is 1. The average molecular weight is 341 g/mol. The molecule has 2 heterocycles. The molecule has 0 radical (unpaired) electrons. The van der Waals surface area contributed by atoms with Gasteiger partial charge in [-0.05, 0) is 39.3 Å². The molecule has 6 heteroatoms. The minimum atomic E-state index is -1.13. The minimum absolute atomic E-state index is 0.0461. The van der Waals surface area contributed by atoms with Crippen LogP contribution in [0, 0.1) is 13.8 Å². The third-order valence-electron chi connectivity index (χ3n) is 4.66. The van der Waals surface area contributed by atoms with Gasteiger partial charge in [0.2, 0.25) is 0 Å². The summed E-state index contributed by atoms with van der Waals surface area (Å²) < 4.78 is 12.2. The van der Waals surface area contributed by atoms with Crippen LogP contribution in [0.15, 0.2) is 41.7 Å². The molecule has 1 aliphatic heterocycles. The first-order valence-electron chi connectivity index (χ1n) is 7.87. The number of carbonyl (C=O) groups is 2. The van der Waals surface area contributed by atoms with E-state index in [-0.39, 0.29) is 5.70 Å². The van der Waals surface area contributed by atoms with Crippen LogP contribution in [0.2, 0.25) is 0 Å². The van der Waals surface area contributed by atoms with Crippen molar-refractivity contribution in [3.8, 4) is 0 Å². The number of benzene rings is 1. The summed E-state index contributed by atoms with van der Waals surface area (Å²) in [6, 6.07) is 7.57. The molecule has 0 bridgehead atoms. The van der Waals surface area contributed by atoms with Gasteiger partial charge in [-0.2, -0.15) is 0 Å². The van der Waals surface area contributed by atoms with Crippen molar-refractivity contribution in [1.82, 2.24) is 4.57 Å². The summed E-state index contributed by atoms with van der Waals surface area (Å²) in [5.74, 6) is -1.59. The number of carboxylic acid groups (broad SMARTS) is 1. The highest BCUT2D eigenvalue weighted by Crippen LogP contribution is 2.29. The van der Waals surface area contributed by atoms with Gasteiger partial charge >= 0.3 is 11.9 Å². The van der Waals surface area contributed by atoms with Crippen LogP contribution in [-0.2, 0) is 19.1 Å². The zero-order valence-corrected chi connectivity index (χ0v) is 14.5. The first kappa shape index (κ1) is 16.8. The second-order valence-electron chi connectivity index (χ2n) is 6.05.